The smallest absolute Gasteiger partial charge is 0.255 e. The molecule has 9 nitrogen and oxygen atoms in total. The van der Waals surface area contributed by atoms with Crippen molar-refractivity contribution in [1.82, 2.24) is 25.6 Å². The van der Waals surface area contributed by atoms with Gasteiger partial charge >= 0.3 is 0 Å². The van der Waals surface area contributed by atoms with Crippen LogP contribution >= 0.6 is 0 Å². The first kappa shape index (κ1) is 23.2. The number of hydrogen-bond donors (Lipinski definition) is 4. The van der Waals surface area contributed by atoms with E-state index in [1.54, 1.807) is 13.0 Å². The zero-order valence-electron chi connectivity index (χ0n) is 19.4. The highest BCUT2D eigenvalue weighted by atomic mass is 19.1. The third-order valence-electron chi connectivity index (χ3n) is 6.64. The molecule has 2 aliphatic rings. The van der Waals surface area contributed by atoms with Crippen molar-refractivity contribution in [3.63, 3.8) is 0 Å². The van der Waals surface area contributed by atoms with Crippen molar-refractivity contribution in [2.24, 2.45) is 5.92 Å². The number of aromatic nitrogens is 3. The van der Waals surface area contributed by atoms with E-state index in [4.69, 9.17) is 9.84 Å². The largest absolute Gasteiger partial charge is 0.493 e. The Morgan fingerprint density at radius 1 is 1.17 bits per heavy atom. The molecule has 184 valence electrons. The molecule has 0 aliphatic heterocycles. The lowest BCUT2D eigenvalue weighted by molar-refractivity contribution is -0.124. The Kier molecular flexibility index (Phi) is 6.38. The summed E-state index contributed by atoms with van der Waals surface area (Å²) in [6.45, 7) is 1.81. The van der Waals surface area contributed by atoms with Crippen LogP contribution in [0, 0.1) is 18.7 Å². The predicted octanol–water partition coefficient (Wildman–Crippen LogP) is 2.62. The van der Waals surface area contributed by atoms with Gasteiger partial charge in [0.2, 0.25) is 5.91 Å². The summed E-state index contributed by atoms with van der Waals surface area (Å²) in [6.07, 6.45) is 5.67. The minimum atomic E-state index is -0.553. The van der Waals surface area contributed by atoms with Crippen LogP contribution in [-0.2, 0) is 4.79 Å². The summed E-state index contributed by atoms with van der Waals surface area (Å²) in [6, 6.07) is 4.17. The second kappa shape index (κ2) is 9.61. The molecule has 3 aromatic rings. The van der Waals surface area contributed by atoms with Crippen LogP contribution in [0.2, 0.25) is 0 Å². The summed E-state index contributed by atoms with van der Waals surface area (Å²) in [4.78, 5) is 36.7. The lowest BCUT2D eigenvalue weighted by Gasteiger charge is -2.14. The number of aliphatic hydroxyl groups is 1. The first-order valence-electron chi connectivity index (χ1n) is 11.9. The average Bonchev–Trinajstić information content (AvgIpc) is 3.47. The van der Waals surface area contributed by atoms with Crippen LogP contribution in [0.25, 0.3) is 22.3 Å². The number of amides is 2. The van der Waals surface area contributed by atoms with Crippen LogP contribution < -0.4 is 15.4 Å². The molecule has 2 aromatic heterocycles. The molecule has 0 unspecified atom stereocenters. The first-order valence-corrected chi connectivity index (χ1v) is 11.9. The third-order valence-corrected chi connectivity index (χ3v) is 6.64. The standard InChI is InChI=1S/C25H28FN5O4/c1-13-21(25(34)31-17-6-5-16(9-17)30-20(33)10-32)23-24(29-13)22(27-12-28-23)18-8-15(26)4-7-19(18)35-11-14-2-3-14/h4,7-8,12,14,16-17,29,32H,2-3,5-6,9-11H2,1H3,(H,30,33)(H,31,34)/t16-,17-/m0/s1. The van der Waals surface area contributed by atoms with Crippen molar-refractivity contribution >= 4 is 22.8 Å². The van der Waals surface area contributed by atoms with E-state index in [-0.39, 0.29) is 18.0 Å². The van der Waals surface area contributed by atoms with Gasteiger partial charge in [-0.25, -0.2) is 14.4 Å². The van der Waals surface area contributed by atoms with E-state index >= 15 is 0 Å². The van der Waals surface area contributed by atoms with E-state index in [1.165, 1.54) is 18.5 Å². The van der Waals surface area contributed by atoms with E-state index in [2.05, 4.69) is 25.6 Å². The van der Waals surface area contributed by atoms with Crippen molar-refractivity contribution in [2.75, 3.05) is 13.2 Å². The number of benzene rings is 1. The molecule has 0 saturated heterocycles. The van der Waals surface area contributed by atoms with Crippen molar-refractivity contribution in [3.8, 4) is 17.0 Å². The molecule has 1 aromatic carbocycles. The van der Waals surface area contributed by atoms with Gasteiger partial charge in [-0.05, 0) is 63.1 Å². The normalized spacial score (nSPS) is 19.6. The van der Waals surface area contributed by atoms with Gasteiger partial charge in [0.15, 0.2) is 0 Å². The number of aryl methyl sites for hydroxylation is 1. The number of hydrogen-bond acceptors (Lipinski definition) is 6. The SMILES string of the molecule is Cc1[nH]c2c(-c3cc(F)ccc3OCC3CC3)ncnc2c1C(=O)N[C@H]1CC[C@H](NC(=O)CO)C1. The molecule has 35 heavy (non-hydrogen) atoms. The summed E-state index contributed by atoms with van der Waals surface area (Å²) in [5, 5.41) is 14.7. The monoisotopic (exact) mass is 481 g/mol. The second-order valence-electron chi connectivity index (χ2n) is 9.37. The molecule has 2 atom stereocenters. The Bertz CT molecular complexity index is 1270. The highest BCUT2D eigenvalue weighted by molar-refractivity contribution is 6.09. The van der Waals surface area contributed by atoms with Gasteiger partial charge in [-0.2, -0.15) is 0 Å². The van der Waals surface area contributed by atoms with Crippen molar-refractivity contribution in [2.45, 2.75) is 51.1 Å². The van der Waals surface area contributed by atoms with Gasteiger partial charge in [0.1, 0.15) is 35.7 Å². The quantitative estimate of drug-likeness (QED) is 0.392. The summed E-state index contributed by atoms with van der Waals surface area (Å²) >= 11 is 0. The molecule has 0 bridgehead atoms. The fourth-order valence-electron chi connectivity index (χ4n) is 4.68. The zero-order chi connectivity index (χ0) is 24.5. The number of ether oxygens (including phenoxy) is 1. The van der Waals surface area contributed by atoms with E-state index in [1.807, 2.05) is 0 Å². The van der Waals surface area contributed by atoms with Crippen LogP contribution in [-0.4, -0.2) is 57.2 Å². The first-order chi connectivity index (χ1) is 16.9. The molecule has 2 amide bonds. The zero-order valence-corrected chi connectivity index (χ0v) is 19.4. The molecule has 5 rings (SSSR count). The van der Waals surface area contributed by atoms with E-state index in [9.17, 15) is 14.0 Å². The number of H-pyrrole nitrogens is 1. The molecule has 2 aliphatic carbocycles. The predicted molar refractivity (Wildman–Crippen MR) is 126 cm³/mol. The van der Waals surface area contributed by atoms with E-state index in [0.717, 1.165) is 25.7 Å². The maximum Gasteiger partial charge on any atom is 0.255 e. The Balaban J connectivity index is 1.41. The van der Waals surface area contributed by atoms with Crippen molar-refractivity contribution < 1.29 is 23.8 Å². The maximum atomic E-state index is 14.2. The lowest BCUT2D eigenvalue weighted by atomic mass is 10.1. The van der Waals surface area contributed by atoms with Gasteiger partial charge in [-0.15, -0.1) is 0 Å². The van der Waals surface area contributed by atoms with Gasteiger partial charge in [-0.3, -0.25) is 9.59 Å². The van der Waals surface area contributed by atoms with Crippen LogP contribution in [0.4, 0.5) is 4.39 Å². The van der Waals surface area contributed by atoms with Crippen molar-refractivity contribution in [1.29, 1.82) is 0 Å². The van der Waals surface area contributed by atoms with Crippen LogP contribution in [0.3, 0.4) is 0 Å². The van der Waals surface area contributed by atoms with Gasteiger partial charge in [0, 0.05) is 23.3 Å². The second-order valence-corrected chi connectivity index (χ2v) is 9.37. The number of nitrogens with one attached hydrogen (secondary N) is 3. The summed E-state index contributed by atoms with van der Waals surface area (Å²) in [7, 11) is 0. The Morgan fingerprint density at radius 2 is 1.94 bits per heavy atom. The van der Waals surface area contributed by atoms with Gasteiger partial charge in [0.05, 0.1) is 17.7 Å². The lowest BCUT2D eigenvalue weighted by Crippen LogP contribution is -2.38. The minimum Gasteiger partial charge on any atom is -0.493 e. The molecular weight excluding hydrogens is 453 g/mol. The molecule has 0 radical (unpaired) electrons. The molecule has 2 fully saturated rings. The number of aromatic amines is 1. The highest BCUT2D eigenvalue weighted by Crippen LogP contribution is 2.37. The summed E-state index contributed by atoms with van der Waals surface area (Å²) in [5.41, 5.74) is 2.99. The number of fused-ring (bicyclic) bond motifs is 1. The molecule has 0 spiro atoms. The fraction of sp³-hybridized carbons (Fsp3) is 0.440. The van der Waals surface area contributed by atoms with E-state index in [0.29, 0.717) is 58.2 Å². The van der Waals surface area contributed by atoms with Gasteiger partial charge in [0.25, 0.3) is 5.91 Å². The Hall–Kier alpha value is -3.53. The number of carbonyl (C=O) groups excluding carboxylic acids is 2. The number of halogens is 1. The fourth-order valence-corrected chi connectivity index (χ4v) is 4.68. The molecule has 2 saturated carbocycles. The van der Waals surface area contributed by atoms with Crippen LogP contribution in [0.5, 0.6) is 5.75 Å². The van der Waals surface area contributed by atoms with Gasteiger partial charge in [-0.1, -0.05) is 0 Å². The van der Waals surface area contributed by atoms with Crippen molar-refractivity contribution in [3.05, 3.63) is 41.6 Å². The third kappa shape index (κ3) is 4.97. The number of nitrogens with zero attached hydrogens (tertiary/aromatic N) is 2. The summed E-state index contributed by atoms with van der Waals surface area (Å²) < 4.78 is 20.2. The molecular formula is C25H28FN5O4. The number of carbonyl (C=O) groups is 2. The topological polar surface area (TPSA) is 129 Å². The Labute approximate surface area is 201 Å². The average molecular weight is 482 g/mol. The van der Waals surface area contributed by atoms with E-state index < -0.39 is 18.3 Å². The number of rotatable bonds is 8. The maximum absolute atomic E-state index is 14.2. The molecule has 4 N–H and O–H groups in total. The molecule has 2 heterocycles. The summed E-state index contributed by atoms with van der Waals surface area (Å²) in [5.74, 6) is -0.0266. The van der Waals surface area contributed by atoms with Crippen LogP contribution in [0.1, 0.15) is 48.2 Å². The van der Waals surface area contributed by atoms with Crippen LogP contribution in [0.15, 0.2) is 24.5 Å². The minimum absolute atomic E-state index is 0.0834. The number of aliphatic hydroxyl groups excluding tert-OH is 1. The van der Waals surface area contributed by atoms with Gasteiger partial charge < -0.3 is 25.5 Å². The molecule has 10 heteroatoms. The Morgan fingerprint density at radius 3 is 2.69 bits per heavy atom. The highest BCUT2D eigenvalue weighted by Gasteiger charge is 2.29.